The van der Waals surface area contributed by atoms with Crippen molar-refractivity contribution in [3.63, 3.8) is 0 Å². The van der Waals surface area contributed by atoms with Gasteiger partial charge in [-0.1, -0.05) is 76.9 Å². The molecular formula is C25H38O4. The van der Waals surface area contributed by atoms with E-state index in [0.717, 1.165) is 33.4 Å². The van der Waals surface area contributed by atoms with Crippen LogP contribution in [-0.2, 0) is 17.3 Å². The largest absolute Gasteiger partial charge is 0.507 e. The molecule has 0 saturated carbocycles. The Balaban J connectivity index is 0.000000960. The van der Waals surface area contributed by atoms with E-state index in [9.17, 15) is 10.2 Å². The van der Waals surface area contributed by atoms with Crippen LogP contribution in [0.15, 0.2) is 24.3 Å². The molecule has 162 valence electrons. The van der Waals surface area contributed by atoms with Gasteiger partial charge >= 0.3 is 0 Å². The Bertz CT molecular complexity index is 755. The van der Waals surface area contributed by atoms with E-state index in [-0.39, 0.29) is 24.0 Å². The van der Waals surface area contributed by atoms with Gasteiger partial charge in [-0.15, -0.1) is 0 Å². The number of phenols is 2. The molecule has 4 nitrogen and oxygen atoms in total. The highest BCUT2D eigenvalue weighted by Gasteiger charge is 2.24. The standard InChI is InChI=1S/C23H32O2.C2H6O2/c1-14-9-16(20(24)18(11-14)22(3,4)5)13-17-10-15(2)12-19(21(17)25)23(6,7)8;3-1-2-4/h9-12,24-25H,13H2,1-8H3;3-4H,1-2H2. The normalized spacial score (nSPS) is 11.8. The van der Waals surface area contributed by atoms with Gasteiger partial charge < -0.3 is 20.4 Å². The Morgan fingerprint density at radius 1 is 0.621 bits per heavy atom. The fourth-order valence-corrected chi connectivity index (χ4v) is 3.33. The molecular weight excluding hydrogens is 364 g/mol. The molecule has 0 aliphatic carbocycles. The predicted octanol–water partition coefficient (Wildman–Crippen LogP) is 4.87. The number of phenolic OH excluding ortho intramolecular Hbond substituents is 2. The lowest BCUT2D eigenvalue weighted by Gasteiger charge is -2.25. The maximum atomic E-state index is 10.8. The first kappa shape index (κ1) is 25.0. The smallest absolute Gasteiger partial charge is 0.122 e. The molecule has 4 heteroatoms. The summed E-state index contributed by atoms with van der Waals surface area (Å²) < 4.78 is 0. The average molecular weight is 403 g/mol. The minimum Gasteiger partial charge on any atom is -0.507 e. The number of aryl methyl sites for hydroxylation is 2. The van der Waals surface area contributed by atoms with E-state index in [1.54, 1.807) is 0 Å². The Labute approximate surface area is 175 Å². The molecule has 0 atom stereocenters. The molecule has 2 aromatic carbocycles. The van der Waals surface area contributed by atoms with Gasteiger partial charge in [0.1, 0.15) is 11.5 Å². The van der Waals surface area contributed by atoms with Crippen molar-refractivity contribution in [2.75, 3.05) is 13.2 Å². The number of benzene rings is 2. The SMILES string of the molecule is Cc1cc(Cc2cc(C)cc(C(C)(C)C)c2O)c(O)c(C(C)(C)C)c1.OCCO. The van der Waals surface area contributed by atoms with Crippen molar-refractivity contribution in [3.8, 4) is 11.5 Å². The van der Waals surface area contributed by atoms with Crippen molar-refractivity contribution in [1.29, 1.82) is 0 Å². The van der Waals surface area contributed by atoms with Crippen LogP contribution in [0, 0.1) is 13.8 Å². The van der Waals surface area contributed by atoms with Gasteiger partial charge in [0.25, 0.3) is 0 Å². The van der Waals surface area contributed by atoms with E-state index >= 15 is 0 Å². The second kappa shape index (κ2) is 9.64. The van der Waals surface area contributed by atoms with Crippen LogP contribution in [-0.4, -0.2) is 33.6 Å². The zero-order chi connectivity index (χ0) is 22.6. The third kappa shape index (κ3) is 6.76. The maximum Gasteiger partial charge on any atom is 0.122 e. The van der Waals surface area contributed by atoms with Gasteiger partial charge in [0, 0.05) is 6.42 Å². The number of hydrogen-bond acceptors (Lipinski definition) is 4. The third-order valence-corrected chi connectivity index (χ3v) is 4.76. The first-order valence-electron chi connectivity index (χ1n) is 10.1. The summed E-state index contributed by atoms with van der Waals surface area (Å²) in [5.74, 6) is 0.688. The van der Waals surface area contributed by atoms with Crippen LogP contribution in [0.1, 0.15) is 74.9 Å². The summed E-state index contributed by atoms with van der Waals surface area (Å²) in [6, 6.07) is 8.14. The van der Waals surface area contributed by atoms with Crippen molar-refractivity contribution in [2.24, 2.45) is 0 Å². The lowest BCUT2D eigenvalue weighted by molar-refractivity contribution is 0.186. The molecule has 0 radical (unpaired) electrons. The van der Waals surface area contributed by atoms with Gasteiger partial charge in [-0.05, 0) is 46.9 Å². The lowest BCUT2D eigenvalue weighted by Crippen LogP contribution is -2.14. The molecule has 0 aliphatic heterocycles. The van der Waals surface area contributed by atoms with Crippen molar-refractivity contribution in [3.05, 3.63) is 57.6 Å². The van der Waals surface area contributed by atoms with E-state index in [4.69, 9.17) is 10.2 Å². The van der Waals surface area contributed by atoms with E-state index in [1.807, 2.05) is 12.1 Å². The Kier molecular flexibility index (Phi) is 8.31. The summed E-state index contributed by atoms with van der Waals surface area (Å²) in [6.45, 7) is 16.5. The first-order chi connectivity index (χ1) is 13.2. The van der Waals surface area contributed by atoms with Crippen molar-refractivity contribution in [2.45, 2.75) is 72.6 Å². The molecule has 0 saturated heterocycles. The summed E-state index contributed by atoms with van der Waals surface area (Å²) in [5.41, 5.74) is 5.63. The highest BCUT2D eigenvalue weighted by atomic mass is 16.3. The van der Waals surface area contributed by atoms with Crippen LogP contribution in [0.2, 0.25) is 0 Å². The molecule has 2 rings (SSSR count). The number of hydrogen-bond donors (Lipinski definition) is 4. The molecule has 0 spiro atoms. The monoisotopic (exact) mass is 402 g/mol. The number of rotatable bonds is 3. The Morgan fingerprint density at radius 2 is 0.931 bits per heavy atom. The predicted molar refractivity (Wildman–Crippen MR) is 120 cm³/mol. The Morgan fingerprint density at radius 3 is 1.17 bits per heavy atom. The van der Waals surface area contributed by atoms with Crippen LogP contribution in [0.4, 0.5) is 0 Å². The molecule has 0 amide bonds. The molecule has 2 aromatic rings. The molecule has 0 aromatic heterocycles. The van der Waals surface area contributed by atoms with Gasteiger partial charge in [-0.3, -0.25) is 0 Å². The summed E-state index contributed by atoms with van der Waals surface area (Å²) >= 11 is 0. The molecule has 0 fully saturated rings. The van der Waals surface area contributed by atoms with Crippen LogP contribution in [0.25, 0.3) is 0 Å². The topological polar surface area (TPSA) is 80.9 Å². The highest BCUT2D eigenvalue weighted by Crippen LogP contribution is 2.39. The van der Waals surface area contributed by atoms with Crippen LogP contribution in [0.3, 0.4) is 0 Å². The van der Waals surface area contributed by atoms with Gasteiger partial charge in [-0.2, -0.15) is 0 Å². The summed E-state index contributed by atoms with van der Waals surface area (Å²) in [4.78, 5) is 0. The minimum atomic E-state index is -0.129. The molecule has 0 unspecified atom stereocenters. The average Bonchev–Trinajstić information content (AvgIpc) is 2.58. The van der Waals surface area contributed by atoms with Gasteiger partial charge in [0.05, 0.1) is 13.2 Å². The number of aromatic hydroxyl groups is 2. The van der Waals surface area contributed by atoms with Gasteiger partial charge in [-0.25, -0.2) is 0 Å². The van der Waals surface area contributed by atoms with Crippen LogP contribution >= 0.6 is 0 Å². The number of aliphatic hydroxyl groups excluding tert-OH is 2. The van der Waals surface area contributed by atoms with E-state index in [0.29, 0.717) is 17.9 Å². The van der Waals surface area contributed by atoms with Crippen molar-refractivity contribution in [1.82, 2.24) is 0 Å². The third-order valence-electron chi connectivity index (χ3n) is 4.76. The summed E-state index contributed by atoms with van der Waals surface area (Å²) in [5, 5.41) is 36.9. The summed E-state index contributed by atoms with van der Waals surface area (Å²) in [7, 11) is 0. The van der Waals surface area contributed by atoms with Gasteiger partial charge in [0.15, 0.2) is 0 Å². The van der Waals surface area contributed by atoms with E-state index in [2.05, 4.69) is 67.5 Å². The first-order valence-corrected chi connectivity index (χ1v) is 10.1. The highest BCUT2D eigenvalue weighted by molar-refractivity contribution is 5.53. The molecule has 0 aliphatic rings. The van der Waals surface area contributed by atoms with Crippen molar-refractivity contribution < 1.29 is 20.4 Å². The fraction of sp³-hybridized carbons (Fsp3) is 0.520. The van der Waals surface area contributed by atoms with Crippen molar-refractivity contribution >= 4 is 0 Å². The molecule has 0 bridgehead atoms. The van der Waals surface area contributed by atoms with Crippen LogP contribution < -0.4 is 0 Å². The lowest BCUT2D eigenvalue weighted by atomic mass is 9.81. The van der Waals surface area contributed by atoms with Gasteiger partial charge in [0.2, 0.25) is 0 Å². The molecule has 0 heterocycles. The molecule has 4 N–H and O–H groups in total. The van der Waals surface area contributed by atoms with E-state index in [1.165, 1.54) is 0 Å². The zero-order valence-corrected chi connectivity index (χ0v) is 19.2. The summed E-state index contributed by atoms with van der Waals surface area (Å²) in [6.07, 6.45) is 0.521. The Hall–Kier alpha value is -2.04. The van der Waals surface area contributed by atoms with E-state index < -0.39 is 0 Å². The van der Waals surface area contributed by atoms with Crippen LogP contribution in [0.5, 0.6) is 11.5 Å². The zero-order valence-electron chi connectivity index (χ0n) is 19.2. The quantitative estimate of drug-likeness (QED) is 0.590. The second-order valence-corrected chi connectivity index (χ2v) is 9.76. The minimum absolute atomic E-state index is 0.125. The second-order valence-electron chi connectivity index (χ2n) is 9.76. The number of aliphatic hydroxyl groups is 2. The molecule has 29 heavy (non-hydrogen) atoms. The fourth-order valence-electron chi connectivity index (χ4n) is 3.33. The maximum absolute atomic E-state index is 10.8.